The van der Waals surface area contributed by atoms with Crippen LogP contribution in [0.3, 0.4) is 0 Å². The number of rotatable bonds is 5. The third-order valence-corrected chi connectivity index (χ3v) is 3.95. The molecule has 1 amide bonds. The number of hydrogen-bond acceptors (Lipinski definition) is 3. The molecule has 0 saturated heterocycles. The van der Waals surface area contributed by atoms with Crippen molar-refractivity contribution >= 4 is 22.9 Å². The van der Waals surface area contributed by atoms with E-state index in [2.05, 4.69) is 10.3 Å². The van der Waals surface area contributed by atoms with Gasteiger partial charge in [0.1, 0.15) is 6.04 Å². The Balaban J connectivity index is 2.19. The van der Waals surface area contributed by atoms with Crippen LogP contribution in [0.15, 0.2) is 23.0 Å². The molecule has 24 heavy (non-hydrogen) atoms. The number of amides is 1. The summed E-state index contributed by atoms with van der Waals surface area (Å²) in [6.07, 6.45) is 1.03. The summed E-state index contributed by atoms with van der Waals surface area (Å²) in [4.78, 5) is 38.0. The number of aromatic nitrogens is 2. The molecule has 1 atom stereocenters. The molecule has 130 valence electrons. The number of aromatic amines is 1. The average Bonchev–Trinajstić information content (AvgIpc) is 2.76. The van der Waals surface area contributed by atoms with E-state index in [0.717, 1.165) is 0 Å². The number of carbonyl (C=O) groups is 2. The Bertz CT molecular complexity index is 826. The molecule has 0 spiro atoms. The minimum absolute atomic E-state index is 0.0132. The van der Waals surface area contributed by atoms with Crippen molar-refractivity contribution in [2.45, 2.75) is 39.7 Å². The van der Waals surface area contributed by atoms with E-state index in [4.69, 9.17) is 0 Å². The zero-order valence-electron chi connectivity index (χ0n) is 14.3. The molecule has 1 aromatic carbocycles. The van der Waals surface area contributed by atoms with Gasteiger partial charge in [0.2, 0.25) is 0 Å². The Morgan fingerprint density at radius 2 is 2.00 bits per heavy atom. The SMILES string of the molecule is Cn1c(=O)[nH]c2ccc(C(=O)NC(CCC(C)(C)C)C(=O)O)cc21. The Labute approximate surface area is 139 Å². The first-order valence-electron chi connectivity index (χ1n) is 7.81. The summed E-state index contributed by atoms with van der Waals surface area (Å²) in [5, 5.41) is 11.9. The molecule has 0 aliphatic carbocycles. The van der Waals surface area contributed by atoms with Gasteiger partial charge in [-0.2, -0.15) is 0 Å². The molecule has 1 heterocycles. The maximum absolute atomic E-state index is 12.4. The molecule has 0 aliphatic heterocycles. The normalized spacial score (nSPS) is 13.0. The molecule has 7 nitrogen and oxygen atoms in total. The van der Waals surface area contributed by atoms with Crippen LogP contribution in [-0.2, 0) is 11.8 Å². The molecule has 1 unspecified atom stereocenters. The van der Waals surface area contributed by atoms with Gasteiger partial charge >= 0.3 is 11.7 Å². The number of fused-ring (bicyclic) bond motifs is 1. The van der Waals surface area contributed by atoms with E-state index >= 15 is 0 Å². The standard InChI is InChI=1S/C17H23N3O4/c1-17(2,3)8-7-12(15(22)23)18-14(21)10-5-6-11-13(9-10)20(4)16(24)19-11/h5-6,9,12H,7-8H2,1-4H3,(H,18,21)(H,19,24)(H,22,23). The first-order valence-corrected chi connectivity index (χ1v) is 7.81. The second kappa shape index (κ2) is 6.51. The number of imidazole rings is 1. The highest BCUT2D eigenvalue weighted by molar-refractivity contribution is 5.99. The second-order valence-electron chi connectivity index (χ2n) is 7.18. The second-order valence-corrected chi connectivity index (χ2v) is 7.18. The minimum Gasteiger partial charge on any atom is -0.480 e. The number of benzene rings is 1. The number of aliphatic carboxylic acids is 1. The van der Waals surface area contributed by atoms with E-state index in [-0.39, 0.29) is 11.1 Å². The summed E-state index contributed by atoms with van der Waals surface area (Å²) >= 11 is 0. The number of H-pyrrole nitrogens is 1. The third kappa shape index (κ3) is 4.04. The Morgan fingerprint density at radius 3 is 2.58 bits per heavy atom. The highest BCUT2D eigenvalue weighted by Crippen LogP contribution is 2.22. The lowest BCUT2D eigenvalue weighted by molar-refractivity contribution is -0.139. The summed E-state index contributed by atoms with van der Waals surface area (Å²) in [6, 6.07) is 3.83. The van der Waals surface area contributed by atoms with Gasteiger partial charge in [-0.1, -0.05) is 20.8 Å². The van der Waals surface area contributed by atoms with Crippen molar-refractivity contribution in [3.63, 3.8) is 0 Å². The molecule has 2 rings (SSSR count). The number of nitrogens with one attached hydrogen (secondary N) is 2. The quantitative estimate of drug-likeness (QED) is 0.777. The van der Waals surface area contributed by atoms with Crippen LogP contribution in [0.4, 0.5) is 0 Å². The van der Waals surface area contributed by atoms with Crippen LogP contribution >= 0.6 is 0 Å². The average molecular weight is 333 g/mol. The Morgan fingerprint density at radius 1 is 1.33 bits per heavy atom. The highest BCUT2D eigenvalue weighted by atomic mass is 16.4. The van der Waals surface area contributed by atoms with E-state index in [0.29, 0.717) is 29.4 Å². The summed E-state index contributed by atoms with van der Waals surface area (Å²) in [5.41, 5.74) is 1.26. The lowest BCUT2D eigenvalue weighted by atomic mass is 9.88. The molecule has 0 fully saturated rings. The molecular weight excluding hydrogens is 310 g/mol. The molecule has 0 aliphatic rings. The van der Waals surface area contributed by atoms with E-state index in [1.807, 2.05) is 20.8 Å². The lowest BCUT2D eigenvalue weighted by Gasteiger charge is -2.21. The number of carbonyl (C=O) groups excluding carboxylic acids is 1. The van der Waals surface area contributed by atoms with Crippen LogP contribution in [0, 0.1) is 5.41 Å². The number of nitrogens with zero attached hydrogens (tertiary/aromatic N) is 1. The molecule has 3 N–H and O–H groups in total. The van der Waals surface area contributed by atoms with Gasteiger partial charge in [0.05, 0.1) is 11.0 Å². The van der Waals surface area contributed by atoms with Gasteiger partial charge in [0, 0.05) is 12.6 Å². The van der Waals surface area contributed by atoms with Crippen molar-refractivity contribution in [2.24, 2.45) is 12.5 Å². The molecule has 1 aromatic heterocycles. The summed E-state index contributed by atoms with van der Waals surface area (Å²) in [7, 11) is 1.60. The zero-order valence-corrected chi connectivity index (χ0v) is 14.3. The van der Waals surface area contributed by atoms with Crippen molar-refractivity contribution in [1.82, 2.24) is 14.9 Å². The Kier molecular flexibility index (Phi) is 4.82. The minimum atomic E-state index is -1.05. The van der Waals surface area contributed by atoms with Gasteiger partial charge in [-0.05, 0) is 36.5 Å². The van der Waals surface area contributed by atoms with E-state index in [1.165, 1.54) is 4.57 Å². The molecule has 0 radical (unpaired) electrons. The first kappa shape index (κ1) is 17.8. The van der Waals surface area contributed by atoms with Crippen LogP contribution in [0.25, 0.3) is 11.0 Å². The van der Waals surface area contributed by atoms with Gasteiger partial charge in [-0.15, -0.1) is 0 Å². The molecule has 0 bridgehead atoms. The summed E-state index contributed by atoms with van der Waals surface area (Å²) in [5.74, 6) is -1.52. The van der Waals surface area contributed by atoms with E-state index < -0.39 is 17.9 Å². The smallest absolute Gasteiger partial charge is 0.326 e. The number of carboxylic acids is 1. The number of aryl methyl sites for hydroxylation is 1. The number of carboxylic acid groups (broad SMARTS) is 1. The molecule has 0 saturated carbocycles. The van der Waals surface area contributed by atoms with Crippen molar-refractivity contribution in [3.05, 3.63) is 34.2 Å². The van der Waals surface area contributed by atoms with Crippen molar-refractivity contribution in [3.8, 4) is 0 Å². The van der Waals surface area contributed by atoms with Crippen LogP contribution < -0.4 is 11.0 Å². The first-order chi connectivity index (χ1) is 11.1. The number of hydrogen-bond donors (Lipinski definition) is 3. The largest absolute Gasteiger partial charge is 0.480 e. The predicted octanol–water partition coefficient (Wildman–Crippen LogP) is 1.88. The van der Waals surface area contributed by atoms with Crippen molar-refractivity contribution in [1.29, 1.82) is 0 Å². The van der Waals surface area contributed by atoms with Crippen molar-refractivity contribution < 1.29 is 14.7 Å². The van der Waals surface area contributed by atoms with E-state index in [9.17, 15) is 19.5 Å². The lowest BCUT2D eigenvalue weighted by Crippen LogP contribution is -2.41. The zero-order chi connectivity index (χ0) is 18.1. The topological polar surface area (TPSA) is 104 Å². The van der Waals surface area contributed by atoms with Gasteiger partial charge in [0.25, 0.3) is 5.91 Å². The van der Waals surface area contributed by atoms with Gasteiger partial charge < -0.3 is 15.4 Å². The van der Waals surface area contributed by atoms with Gasteiger partial charge in [-0.3, -0.25) is 9.36 Å². The fourth-order valence-corrected chi connectivity index (χ4v) is 2.44. The highest BCUT2D eigenvalue weighted by Gasteiger charge is 2.23. The fourth-order valence-electron chi connectivity index (χ4n) is 2.44. The van der Waals surface area contributed by atoms with Crippen LogP contribution in [-0.4, -0.2) is 32.6 Å². The summed E-state index contributed by atoms with van der Waals surface area (Å²) < 4.78 is 1.40. The van der Waals surface area contributed by atoms with E-state index in [1.54, 1.807) is 25.2 Å². The van der Waals surface area contributed by atoms with Gasteiger partial charge in [0.15, 0.2) is 0 Å². The fraction of sp³-hybridized carbons (Fsp3) is 0.471. The monoisotopic (exact) mass is 333 g/mol. The van der Waals surface area contributed by atoms with Crippen LogP contribution in [0.5, 0.6) is 0 Å². The predicted molar refractivity (Wildman–Crippen MR) is 91.1 cm³/mol. The Hall–Kier alpha value is -2.57. The molecular formula is C17H23N3O4. The maximum atomic E-state index is 12.4. The van der Waals surface area contributed by atoms with Crippen LogP contribution in [0.1, 0.15) is 44.0 Å². The summed E-state index contributed by atoms with van der Waals surface area (Å²) in [6.45, 7) is 6.07. The molecule has 2 aromatic rings. The molecule has 7 heteroatoms. The van der Waals surface area contributed by atoms with Gasteiger partial charge in [-0.25, -0.2) is 9.59 Å². The van der Waals surface area contributed by atoms with Crippen LogP contribution in [0.2, 0.25) is 0 Å². The third-order valence-electron chi connectivity index (χ3n) is 3.95. The van der Waals surface area contributed by atoms with Crippen molar-refractivity contribution in [2.75, 3.05) is 0 Å². The maximum Gasteiger partial charge on any atom is 0.326 e.